The molecule has 1 aliphatic rings. The summed E-state index contributed by atoms with van der Waals surface area (Å²) in [6.45, 7) is 8.28. The van der Waals surface area contributed by atoms with Crippen molar-refractivity contribution in [2.45, 2.75) is 46.7 Å². The van der Waals surface area contributed by atoms with E-state index in [4.69, 9.17) is 0 Å². The van der Waals surface area contributed by atoms with Gasteiger partial charge in [-0.1, -0.05) is 6.92 Å². The summed E-state index contributed by atoms with van der Waals surface area (Å²) in [4.78, 5) is 14.6. The Morgan fingerprint density at radius 2 is 2.24 bits per heavy atom. The number of carbonyl (C=O) groups is 1. The van der Waals surface area contributed by atoms with Gasteiger partial charge < -0.3 is 4.90 Å². The van der Waals surface area contributed by atoms with Crippen LogP contribution in [0, 0.1) is 13.8 Å². The van der Waals surface area contributed by atoms with Gasteiger partial charge in [0.1, 0.15) is 0 Å². The smallest absolute Gasteiger partial charge is 0.257 e. The summed E-state index contributed by atoms with van der Waals surface area (Å²) < 4.78 is 1.91. The minimum Gasteiger partial charge on any atom is -0.334 e. The third-order valence-electron chi connectivity index (χ3n) is 4.18. The predicted octanol–water partition coefficient (Wildman–Crippen LogP) is 1.83. The molecule has 1 N–H and O–H groups in total. The number of H-pyrrole nitrogens is 1. The van der Waals surface area contributed by atoms with Gasteiger partial charge in [0, 0.05) is 43.0 Å². The molecule has 1 amide bonds. The zero-order valence-electron chi connectivity index (χ0n) is 12.8. The van der Waals surface area contributed by atoms with Crippen LogP contribution in [-0.4, -0.2) is 37.3 Å². The Kier molecular flexibility index (Phi) is 3.53. The summed E-state index contributed by atoms with van der Waals surface area (Å²) in [6, 6.07) is 0. The monoisotopic (exact) mass is 287 g/mol. The van der Waals surface area contributed by atoms with E-state index in [0.29, 0.717) is 18.7 Å². The fraction of sp³-hybridized carbons (Fsp3) is 0.533. The Morgan fingerprint density at radius 1 is 1.43 bits per heavy atom. The zero-order chi connectivity index (χ0) is 15.0. The van der Waals surface area contributed by atoms with Gasteiger partial charge in [0.25, 0.3) is 5.91 Å². The minimum atomic E-state index is 0.0705. The number of hydrogen-bond acceptors (Lipinski definition) is 3. The van der Waals surface area contributed by atoms with Crippen LogP contribution in [-0.2, 0) is 19.5 Å². The number of aryl methyl sites for hydroxylation is 2. The summed E-state index contributed by atoms with van der Waals surface area (Å²) in [6.07, 6.45) is 3.52. The van der Waals surface area contributed by atoms with Gasteiger partial charge in [-0.25, -0.2) is 0 Å². The van der Waals surface area contributed by atoms with Crippen molar-refractivity contribution in [3.8, 4) is 0 Å². The number of nitrogens with one attached hydrogen (secondary N) is 1. The average molecular weight is 287 g/mol. The van der Waals surface area contributed by atoms with E-state index in [2.05, 4.69) is 22.2 Å². The van der Waals surface area contributed by atoms with E-state index in [1.807, 2.05) is 23.4 Å². The highest BCUT2D eigenvalue weighted by atomic mass is 16.2. The second-order valence-corrected chi connectivity index (χ2v) is 5.62. The molecule has 6 nitrogen and oxygen atoms in total. The number of aromatic nitrogens is 4. The van der Waals surface area contributed by atoms with Crippen molar-refractivity contribution in [1.29, 1.82) is 0 Å². The first-order valence-corrected chi connectivity index (χ1v) is 7.46. The Morgan fingerprint density at radius 3 is 3.00 bits per heavy atom. The highest BCUT2D eigenvalue weighted by Crippen LogP contribution is 2.22. The SMILES string of the molecule is CCCn1ncc(C(=O)N2CCc3n[nH]c(C)c3C2)c1C. The quantitative estimate of drug-likeness (QED) is 0.936. The first kappa shape index (κ1) is 13.9. The summed E-state index contributed by atoms with van der Waals surface area (Å²) in [5, 5.41) is 11.6. The average Bonchev–Trinajstić information content (AvgIpc) is 3.03. The molecule has 0 spiro atoms. The van der Waals surface area contributed by atoms with E-state index in [1.165, 1.54) is 0 Å². The van der Waals surface area contributed by atoms with E-state index in [-0.39, 0.29) is 5.91 Å². The van der Waals surface area contributed by atoms with E-state index >= 15 is 0 Å². The summed E-state index contributed by atoms with van der Waals surface area (Å²) in [5.74, 6) is 0.0705. The topological polar surface area (TPSA) is 66.8 Å². The molecule has 2 aromatic rings. The van der Waals surface area contributed by atoms with Gasteiger partial charge in [-0.05, 0) is 20.3 Å². The molecule has 0 atom stereocenters. The Hall–Kier alpha value is -2.11. The van der Waals surface area contributed by atoms with E-state index in [0.717, 1.165) is 42.0 Å². The van der Waals surface area contributed by atoms with Crippen LogP contribution in [0.3, 0.4) is 0 Å². The summed E-state index contributed by atoms with van der Waals surface area (Å²) in [7, 11) is 0. The van der Waals surface area contributed by atoms with Gasteiger partial charge >= 0.3 is 0 Å². The van der Waals surface area contributed by atoms with Crippen LogP contribution < -0.4 is 0 Å². The lowest BCUT2D eigenvalue weighted by Gasteiger charge is -2.26. The number of rotatable bonds is 3. The molecular formula is C15H21N5O. The van der Waals surface area contributed by atoms with Gasteiger partial charge in [-0.2, -0.15) is 10.2 Å². The molecular weight excluding hydrogens is 266 g/mol. The second kappa shape index (κ2) is 5.35. The molecule has 2 aromatic heterocycles. The lowest BCUT2D eigenvalue weighted by molar-refractivity contribution is 0.0733. The van der Waals surface area contributed by atoms with E-state index in [9.17, 15) is 4.79 Å². The Balaban J connectivity index is 1.82. The minimum absolute atomic E-state index is 0.0705. The lowest BCUT2D eigenvalue weighted by atomic mass is 10.0. The fourth-order valence-electron chi connectivity index (χ4n) is 2.87. The second-order valence-electron chi connectivity index (χ2n) is 5.62. The lowest BCUT2D eigenvalue weighted by Crippen LogP contribution is -2.36. The highest BCUT2D eigenvalue weighted by Gasteiger charge is 2.26. The van der Waals surface area contributed by atoms with Crippen molar-refractivity contribution in [3.63, 3.8) is 0 Å². The fourth-order valence-corrected chi connectivity index (χ4v) is 2.87. The number of carbonyl (C=O) groups excluding carboxylic acids is 1. The third-order valence-corrected chi connectivity index (χ3v) is 4.18. The third kappa shape index (κ3) is 2.34. The summed E-state index contributed by atoms with van der Waals surface area (Å²) >= 11 is 0. The largest absolute Gasteiger partial charge is 0.334 e. The van der Waals surface area contributed by atoms with Crippen molar-refractivity contribution in [1.82, 2.24) is 24.9 Å². The predicted molar refractivity (Wildman–Crippen MR) is 79.0 cm³/mol. The summed E-state index contributed by atoms with van der Waals surface area (Å²) in [5.41, 5.74) is 4.98. The molecule has 3 rings (SSSR count). The molecule has 1 aliphatic heterocycles. The molecule has 21 heavy (non-hydrogen) atoms. The van der Waals surface area contributed by atoms with Crippen LogP contribution in [0.25, 0.3) is 0 Å². The Labute approximate surface area is 124 Å². The van der Waals surface area contributed by atoms with Crippen LogP contribution in [0.4, 0.5) is 0 Å². The number of hydrogen-bond donors (Lipinski definition) is 1. The molecule has 6 heteroatoms. The van der Waals surface area contributed by atoms with Crippen molar-refractivity contribution >= 4 is 5.91 Å². The molecule has 0 saturated carbocycles. The molecule has 0 bridgehead atoms. The van der Waals surface area contributed by atoms with Crippen LogP contribution in [0.2, 0.25) is 0 Å². The van der Waals surface area contributed by atoms with Crippen LogP contribution in [0.1, 0.15) is 46.3 Å². The molecule has 3 heterocycles. The van der Waals surface area contributed by atoms with Crippen molar-refractivity contribution in [2.75, 3.05) is 6.54 Å². The molecule has 0 saturated heterocycles. The van der Waals surface area contributed by atoms with Gasteiger partial charge in [0.15, 0.2) is 0 Å². The highest BCUT2D eigenvalue weighted by molar-refractivity contribution is 5.95. The molecule has 0 unspecified atom stereocenters. The van der Waals surface area contributed by atoms with Gasteiger partial charge in [-0.3, -0.25) is 14.6 Å². The Bertz CT molecular complexity index is 670. The zero-order valence-corrected chi connectivity index (χ0v) is 12.8. The van der Waals surface area contributed by atoms with Crippen molar-refractivity contribution < 1.29 is 4.79 Å². The normalized spacial score (nSPS) is 14.3. The molecule has 0 radical (unpaired) electrons. The van der Waals surface area contributed by atoms with Crippen molar-refractivity contribution in [2.24, 2.45) is 0 Å². The van der Waals surface area contributed by atoms with E-state index < -0.39 is 0 Å². The number of amides is 1. The van der Waals surface area contributed by atoms with Crippen LogP contribution >= 0.6 is 0 Å². The van der Waals surface area contributed by atoms with Crippen LogP contribution in [0.15, 0.2) is 6.20 Å². The maximum Gasteiger partial charge on any atom is 0.257 e. The first-order chi connectivity index (χ1) is 10.1. The van der Waals surface area contributed by atoms with Crippen molar-refractivity contribution in [3.05, 3.63) is 34.4 Å². The maximum absolute atomic E-state index is 12.7. The first-order valence-electron chi connectivity index (χ1n) is 7.46. The molecule has 0 fully saturated rings. The molecule has 112 valence electrons. The van der Waals surface area contributed by atoms with Gasteiger partial charge in [0.2, 0.25) is 0 Å². The molecule has 0 aromatic carbocycles. The number of fused-ring (bicyclic) bond motifs is 1. The standard InChI is InChI=1S/C15H21N5O/c1-4-6-20-11(3)12(8-16-20)15(21)19-7-5-14-13(9-19)10(2)17-18-14/h8H,4-7,9H2,1-3H3,(H,17,18). The number of nitrogens with zero attached hydrogens (tertiary/aromatic N) is 4. The van der Waals surface area contributed by atoms with E-state index in [1.54, 1.807) is 6.20 Å². The maximum atomic E-state index is 12.7. The van der Waals surface area contributed by atoms with Gasteiger partial charge in [0.05, 0.1) is 17.5 Å². The molecule has 0 aliphatic carbocycles. The van der Waals surface area contributed by atoms with Gasteiger partial charge in [-0.15, -0.1) is 0 Å². The number of aromatic amines is 1. The van der Waals surface area contributed by atoms with Crippen LogP contribution in [0.5, 0.6) is 0 Å².